The second kappa shape index (κ2) is 9.00. The van der Waals surface area contributed by atoms with E-state index in [4.69, 9.17) is 4.74 Å². The van der Waals surface area contributed by atoms with E-state index in [1.165, 1.54) is 27.9 Å². The van der Waals surface area contributed by atoms with E-state index < -0.39 is 10.0 Å². The van der Waals surface area contributed by atoms with Crippen molar-refractivity contribution in [2.75, 3.05) is 31.7 Å². The Hall–Kier alpha value is -2.66. The second-order valence-corrected chi connectivity index (χ2v) is 9.27. The quantitative estimate of drug-likeness (QED) is 0.463. The van der Waals surface area contributed by atoms with Gasteiger partial charge in [-0.25, -0.2) is 17.8 Å². The SMILES string of the molecule is O=S(=O)(c1ccc(-c2csc(NN=Cc3ccccc3F)n2)cc1)N1CCOCC1. The van der Waals surface area contributed by atoms with Crippen LogP contribution in [-0.4, -0.2) is 50.2 Å². The van der Waals surface area contributed by atoms with Gasteiger partial charge in [0.2, 0.25) is 15.2 Å². The molecule has 0 aliphatic carbocycles. The number of hydrogen-bond donors (Lipinski definition) is 1. The maximum atomic E-state index is 13.6. The number of nitrogens with zero attached hydrogens (tertiary/aromatic N) is 3. The summed E-state index contributed by atoms with van der Waals surface area (Å²) in [6.45, 7) is 1.54. The molecule has 0 atom stereocenters. The molecule has 4 rings (SSSR count). The Bertz CT molecular complexity index is 1140. The van der Waals surface area contributed by atoms with Gasteiger partial charge >= 0.3 is 0 Å². The number of benzene rings is 2. The minimum absolute atomic E-state index is 0.246. The molecule has 3 aromatic rings. The van der Waals surface area contributed by atoms with Crippen LogP contribution in [0, 0.1) is 5.82 Å². The first-order chi connectivity index (χ1) is 14.5. The van der Waals surface area contributed by atoms with E-state index in [2.05, 4.69) is 15.5 Å². The molecule has 0 bridgehead atoms. The van der Waals surface area contributed by atoms with Gasteiger partial charge in [-0.05, 0) is 18.2 Å². The number of thiazole rings is 1. The average Bonchev–Trinajstić information content (AvgIpc) is 3.25. The average molecular weight is 447 g/mol. The third-order valence-electron chi connectivity index (χ3n) is 4.53. The first-order valence-electron chi connectivity index (χ1n) is 9.21. The number of nitrogens with one attached hydrogen (secondary N) is 1. The van der Waals surface area contributed by atoms with Gasteiger partial charge in [0.25, 0.3) is 0 Å². The van der Waals surface area contributed by atoms with E-state index in [0.29, 0.717) is 42.7 Å². The second-order valence-electron chi connectivity index (χ2n) is 6.47. The summed E-state index contributed by atoms with van der Waals surface area (Å²) in [6.07, 6.45) is 1.39. The van der Waals surface area contributed by atoms with E-state index in [1.807, 2.05) is 5.38 Å². The smallest absolute Gasteiger partial charge is 0.243 e. The molecule has 1 aromatic heterocycles. The van der Waals surface area contributed by atoms with Gasteiger partial charge in [-0.15, -0.1) is 11.3 Å². The Balaban J connectivity index is 1.44. The lowest BCUT2D eigenvalue weighted by Gasteiger charge is -2.26. The highest BCUT2D eigenvalue weighted by Crippen LogP contribution is 2.27. The molecule has 0 radical (unpaired) electrons. The Labute approximate surface area is 177 Å². The molecule has 10 heteroatoms. The predicted octanol–water partition coefficient (Wildman–Crippen LogP) is 3.42. The van der Waals surface area contributed by atoms with Crippen LogP contribution in [0.4, 0.5) is 9.52 Å². The molecule has 0 amide bonds. The highest BCUT2D eigenvalue weighted by molar-refractivity contribution is 7.89. The van der Waals surface area contributed by atoms with Crippen LogP contribution in [0.5, 0.6) is 0 Å². The lowest BCUT2D eigenvalue weighted by atomic mass is 10.2. The van der Waals surface area contributed by atoms with Gasteiger partial charge < -0.3 is 4.74 Å². The monoisotopic (exact) mass is 446 g/mol. The van der Waals surface area contributed by atoms with E-state index in [0.717, 1.165) is 5.56 Å². The molecular formula is C20H19FN4O3S2. The van der Waals surface area contributed by atoms with Crippen molar-refractivity contribution < 1.29 is 17.5 Å². The zero-order valence-corrected chi connectivity index (χ0v) is 17.5. The van der Waals surface area contributed by atoms with Gasteiger partial charge in [0, 0.05) is 29.6 Å². The Morgan fingerprint density at radius 3 is 2.60 bits per heavy atom. The Kier molecular flexibility index (Phi) is 6.18. The highest BCUT2D eigenvalue weighted by atomic mass is 32.2. The van der Waals surface area contributed by atoms with Crippen molar-refractivity contribution in [1.29, 1.82) is 0 Å². The summed E-state index contributed by atoms with van der Waals surface area (Å²) in [5.41, 5.74) is 4.64. The lowest BCUT2D eigenvalue weighted by Crippen LogP contribution is -2.40. The summed E-state index contributed by atoms with van der Waals surface area (Å²) in [5.74, 6) is -0.352. The van der Waals surface area contributed by atoms with Crippen LogP contribution < -0.4 is 5.43 Å². The summed E-state index contributed by atoms with van der Waals surface area (Å²) in [6, 6.07) is 13.0. The van der Waals surface area contributed by atoms with Crippen LogP contribution >= 0.6 is 11.3 Å². The standard InChI is InChI=1S/C20H19FN4O3S2/c21-18-4-2-1-3-16(18)13-22-24-20-23-19(14-29-20)15-5-7-17(8-6-15)30(26,27)25-9-11-28-12-10-25/h1-8,13-14H,9-12H2,(H,23,24). The van der Waals surface area contributed by atoms with Crippen LogP contribution in [0.15, 0.2) is 63.9 Å². The molecule has 0 unspecified atom stereocenters. The van der Waals surface area contributed by atoms with Crippen molar-refractivity contribution in [2.45, 2.75) is 4.90 Å². The van der Waals surface area contributed by atoms with Gasteiger partial charge in [0.1, 0.15) is 5.82 Å². The minimum atomic E-state index is -3.52. The third kappa shape index (κ3) is 4.57. The number of sulfonamides is 1. The molecule has 1 aliphatic heterocycles. The van der Waals surface area contributed by atoms with E-state index in [-0.39, 0.29) is 10.7 Å². The van der Waals surface area contributed by atoms with Gasteiger partial charge in [-0.1, -0.05) is 30.3 Å². The normalized spacial score (nSPS) is 15.5. The van der Waals surface area contributed by atoms with E-state index in [9.17, 15) is 12.8 Å². The highest BCUT2D eigenvalue weighted by Gasteiger charge is 2.26. The molecule has 0 spiro atoms. The first-order valence-corrected chi connectivity index (χ1v) is 11.5. The molecule has 0 saturated carbocycles. The molecule has 1 saturated heterocycles. The van der Waals surface area contributed by atoms with E-state index in [1.54, 1.807) is 42.5 Å². The number of anilines is 1. The van der Waals surface area contributed by atoms with Crippen LogP contribution in [-0.2, 0) is 14.8 Å². The Morgan fingerprint density at radius 2 is 1.87 bits per heavy atom. The van der Waals surface area contributed by atoms with E-state index >= 15 is 0 Å². The third-order valence-corrected chi connectivity index (χ3v) is 7.19. The molecule has 2 heterocycles. The topological polar surface area (TPSA) is 83.9 Å². The number of morpholine rings is 1. The summed E-state index contributed by atoms with van der Waals surface area (Å²) >= 11 is 1.35. The molecule has 2 aromatic carbocycles. The molecular weight excluding hydrogens is 427 g/mol. The Morgan fingerprint density at radius 1 is 1.13 bits per heavy atom. The molecule has 30 heavy (non-hydrogen) atoms. The van der Waals surface area contributed by atoms with Crippen LogP contribution in [0.3, 0.4) is 0 Å². The van der Waals surface area contributed by atoms with Gasteiger partial charge in [-0.2, -0.15) is 9.41 Å². The maximum absolute atomic E-state index is 13.6. The molecule has 156 valence electrons. The fraction of sp³-hybridized carbons (Fsp3) is 0.200. The predicted molar refractivity (Wildman–Crippen MR) is 115 cm³/mol. The van der Waals surface area contributed by atoms with Crippen molar-refractivity contribution in [3.05, 3.63) is 65.3 Å². The molecule has 7 nitrogen and oxygen atoms in total. The number of hydrogen-bond acceptors (Lipinski definition) is 7. The molecule has 1 fully saturated rings. The number of rotatable bonds is 6. The zero-order chi connectivity index (χ0) is 21.0. The number of aromatic nitrogens is 1. The zero-order valence-electron chi connectivity index (χ0n) is 15.9. The first kappa shape index (κ1) is 20.6. The molecule has 1 aliphatic rings. The van der Waals surface area contributed by atoms with Crippen molar-refractivity contribution in [3.63, 3.8) is 0 Å². The van der Waals surface area contributed by atoms with Gasteiger partial charge in [-0.3, -0.25) is 5.43 Å². The minimum Gasteiger partial charge on any atom is -0.379 e. The largest absolute Gasteiger partial charge is 0.379 e. The maximum Gasteiger partial charge on any atom is 0.243 e. The van der Waals surface area contributed by atoms with Gasteiger partial charge in [0.15, 0.2) is 0 Å². The lowest BCUT2D eigenvalue weighted by molar-refractivity contribution is 0.0730. The molecule has 1 N–H and O–H groups in total. The summed E-state index contributed by atoms with van der Waals surface area (Å²) in [5, 5.41) is 6.40. The van der Waals surface area contributed by atoms with Crippen molar-refractivity contribution >= 4 is 32.7 Å². The van der Waals surface area contributed by atoms with Gasteiger partial charge in [0.05, 0.1) is 30.0 Å². The number of halogens is 1. The van der Waals surface area contributed by atoms with Crippen LogP contribution in [0.2, 0.25) is 0 Å². The van der Waals surface area contributed by atoms with Crippen LogP contribution in [0.25, 0.3) is 11.3 Å². The summed E-state index contributed by atoms with van der Waals surface area (Å²) < 4.78 is 45.7. The summed E-state index contributed by atoms with van der Waals surface area (Å²) in [7, 11) is -3.52. The van der Waals surface area contributed by atoms with Crippen molar-refractivity contribution in [3.8, 4) is 11.3 Å². The fourth-order valence-corrected chi connectivity index (χ4v) is 5.00. The van der Waals surface area contributed by atoms with Crippen molar-refractivity contribution in [2.24, 2.45) is 5.10 Å². The number of hydrazone groups is 1. The fourth-order valence-electron chi connectivity index (χ4n) is 2.93. The summed E-state index contributed by atoms with van der Waals surface area (Å²) in [4.78, 5) is 4.69. The van der Waals surface area contributed by atoms with Crippen LogP contribution in [0.1, 0.15) is 5.56 Å². The number of ether oxygens (including phenoxy) is 1. The van der Waals surface area contributed by atoms with Crippen molar-refractivity contribution in [1.82, 2.24) is 9.29 Å².